The van der Waals surface area contributed by atoms with Gasteiger partial charge in [0.15, 0.2) is 0 Å². The number of amides is 1. The summed E-state index contributed by atoms with van der Waals surface area (Å²) in [4.78, 5) is 27.5. The number of hydrogen-bond donors (Lipinski definition) is 1. The predicted octanol–water partition coefficient (Wildman–Crippen LogP) is -0.556. The maximum atomic E-state index is 11.7. The van der Waals surface area contributed by atoms with Gasteiger partial charge in [-0.15, -0.1) is 0 Å². The smallest absolute Gasteiger partial charge is 0.323 e. The van der Waals surface area contributed by atoms with E-state index in [1.54, 1.807) is 0 Å². The first-order valence-electron chi connectivity index (χ1n) is 7.03. The van der Waals surface area contributed by atoms with Crippen molar-refractivity contribution >= 4 is 11.9 Å². The van der Waals surface area contributed by atoms with Gasteiger partial charge in [-0.1, -0.05) is 0 Å². The summed E-state index contributed by atoms with van der Waals surface area (Å²) in [5.41, 5.74) is 0. The summed E-state index contributed by atoms with van der Waals surface area (Å²) in [6.07, 6.45) is 0.820. The van der Waals surface area contributed by atoms with Gasteiger partial charge >= 0.3 is 5.97 Å². The Balaban J connectivity index is 1.76. The van der Waals surface area contributed by atoms with Crippen LogP contribution in [0.3, 0.4) is 0 Å². The Bertz CT molecular complexity index is 340. The lowest BCUT2D eigenvalue weighted by Gasteiger charge is -2.36. The van der Waals surface area contributed by atoms with E-state index in [2.05, 4.69) is 15.1 Å². The molecule has 2 unspecified atom stereocenters. The van der Waals surface area contributed by atoms with Gasteiger partial charge in [-0.2, -0.15) is 0 Å². The van der Waals surface area contributed by atoms with Gasteiger partial charge in [0.05, 0.1) is 6.54 Å². The molecule has 6 heteroatoms. The Hall–Kier alpha value is -1.14. The van der Waals surface area contributed by atoms with Gasteiger partial charge in [0, 0.05) is 39.1 Å². The van der Waals surface area contributed by atoms with E-state index in [9.17, 15) is 9.59 Å². The van der Waals surface area contributed by atoms with E-state index in [-0.39, 0.29) is 24.0 Å². The zero-order chi connectivity index (χ0) is 13.8. The van der Waals surface area contributed by atoms with Crippen LogP contribution in [-0.2, 0) is 14.3 Å². The fourth-order valence-electron chi connectivity index (χ4n) is 2.72. The molecule has 108 valence electrons. The Kier molecular flexibility index (Phi) is 4.76. The first kappa shape index (κ1) is 14.3. The van der Waals surface area contributed by atoms with E-state index in [4.69, 9.17) is 4.74 Å². The molecule has 1 N–H and O–H groups in total. The first-order valence-corrected chi connectivity index (χ1v) is 7.03. The van der Waals surface area contributed by atoms with Crippen LogP contribution in [0.5, 0.6) is 0 Å². The molecule has 1 amide bonds. The van der Waals surface area contributed by atoms with Gasteiger partial charge in [0.25, 0.3) is 0 Å². The number of piperazine rings is 1. The summed E-state index contributed by atoms with van der Waals surface area (Å²) < 4.78 is 5.19. The highest BCUT2D eigenvalue weighted by molar-refractivity contribution is 5.78. The van der Waals surface area contributed by atoms with Gasteiger partial charge in [0.2, 0.25) is 5.91 Å². The van der Waals surface area contributed by atoms with Crippen molar-refractivity contribution in [3.8, 4) is 0 Å². The van der Waals surface area contributed by atoms with Crippen molar-refractivity contribution in [2.24, 2.45) is 0 Å². The molecule has 0 aromatic rings. The number of esters is 1. The average Bonchev–Trinajstić information content (AvgIpc) is 2.70. The maximum Gasteiger partial charge on any atom is 0.323 e. The third kappa shape index (κ3) is 3.67. The van der Waals surface area contributed by atoms with Crippen molar-refractivity contribution < 1.29 is 14.3 Å². The molecule has 0 saturated carbocycles. The summed E-state index contributed by atoms with van der Waals surface area (Å²) in [5, 5.41) is 2.80. The molecular weight excluding hydrogens is 246 g/mol. The number of carbonyl (C=O) groups is 2. The van der Waals surface area contributed by atoms with Gasteiger partial charge in [-0.05, 0) is 13.8 Å². The molecule has 0 bridgehead atoms. The van der Waals surface area contributed by atoms with Gasteiger partial charge in [-0.3, -0.25) is 19.4 Å². The van der Waals surface area contributed by atoms with Crippen LogP contribution in [0.4, 0.5) is 0 Å². The molecule has 2 fully saturated rings. The molecule has 2 saturated heterocycles. The number of cyclic esters (lactones) is 1. The number of ether oxygens (including phenoxy) is 1. The number of rotatable bonds is 4. The van der Waals surface area contributed by atoms with Crippen LogP contribution in [0.2, 0.25) is 0 Å². The lowest BCUT2D eigenvalue weighted by molar-refractivity contribution is -0.145. The van der Waals surface area contributed by atoms with E-state index in [1.807, 2.05) is 13.8 Å². The second-order valence-electron chi connectivity index (χ2n) is 5.26. The van der Waals surface area contributed by atoms with Crippen LogP contribution in [0.1, 0.15) is 20.3 Å². The Morgan fingerprint density at radius 1 is 1.37 bits per heavy atom. The first-order chi connectivity index (χ1) is 9.10. The van der Waals surface area contributed by atoms with Crippen LogP contribution in [-0.4, -0.2) is 73.1 Å². The number of nitrogens with one attached hydrogen (secondary N) is 1. The predicted molar refractivity (Wildman–Crippen MR) is 70.7 cm³/mol. The van der Waals surface area contributed by atoms with Gasteiger partial charge in [-0.25, -0.2) is 0 Å². The quantitative estimate of drug-likeness (QED) is 0.694. The van der Waals surface area contributed by atoms with Crippen molar-refractivity contribution in [1.82, 2.24) is 15.1 Å². The monoisotopic (exact) mass is 269 g/mol. The average molecular weight is 269 g/mol. The molecule has 0 radical (unpaired) electrons. The SMILES string of the molecule is CCNC(=O)CN1CCN(C2CC(C)OC2=O)CC1. The lowest BCUT2D eigenvalue weighted by atomic mass is 10.1. The summed E-state index contributed by atoms with van der Waals surface area (Å²) in [5.74, 6) is -0.0190. The summed E-state index contributed by atoms with van der Waals surface area (Å²) in [6, 6.07) is -0.0818. The number of likely N-dealkylation sites (N-methyl/N-ethyl adjacent to an activating group) is 1. The minimum Gasteiger partial charge on any atom is -0.461 e. The van der Waals surface area contributed by atoms with E-state index in [1.165, 1.54) is 0 Å². The van der Waals surface area contributed by atoms with Gasteiger partial charge < -0.3 is 10.1 Å². The van der Waals surface area contributed by atoms with E-state index < -0.39 is 0 Å². The molecular formula is C13H23N3O3. The third-order valence-corrected chi connectivity index (χ3v) is 3.73. The minimum atomic E-state index is -0.0929. The second kappa shape index (κ2) is 6.34. The highest BCUT2D eigenvalue weighted by Crippen LogP contribution is 2.20. The number of nitrogens with zero attached hydrogens (tertiary/aromatic N) is 2. The highest BCUT2D eigenvalue weighted by Gasteiger charge is 2.37. The summed E-state index contributed by atoms with van der Waals surface area (Å²) >= 11 is 0. The Morgan fingerprint density at radius 2 is 2.05 bits per heavy atom. The van der Waals surface area contributed by atoms with E-state index >= 15 is 0 Å². The van der Waals surface area contributed by atoms with Gasteiger partial charge in [0.1, 0.15) is 12.1 Å². The van der Waals surface area contributed by atoms with Crippen LogP contribution >= 0.6 is 0 Å². The molecule has 6 nitrogen and oxygen atoms in total. The third-order valence-electron chi connectivity index (χ3n) is 3.73. The molecule has 0 aliphatic carbocycles. The molecule has 0 spiro atoms. The molecule has 0 aromatic carbocycles. The summed E-state index contributed by atoms with van der Waals surface area (Å²) in [6.45, 7) is 8.28. The van der Waals surface area contributed by atoms with E-state index in [0.29, 0.717) is 13.1 Å². The molecule has 19 heavy (non-hydrogen) atoms. The zero-order valence-corrected chi connectivity index (χ0v) is 11.7. The van der Waals surface area contributed by atoms with Crippen molar-refractivity contribution in [3.63, 3.8) is 0 Å². The Morgan fingerprint density at radius 3 is 2.58 bits per heavy atom. The number of carbonyl (C=O) groups excluding carboxylic acids is 2. The van der Waals surface area contributed by atoms with Crippen molar-refractivity contribution in [2.75, 3.05) is 39.3 Å². The lowest BCUT2D eigenvalue weighted by Crippen LogP contribution is -2.53. The van der Waals surface area contributed by atoms with E-state index in [0.717, 1.165) is 32.6 Å². The molecule has 2 atom stereocenters. The minimum absolute atomic E-state index is 0.0332. The summed E-state index contributed by atoms with van der Waals surface area (Å²) in [7, 11) is 0. The fourth-order valence-corrected chi connectivity index (χ4v) is 2.72. The fraction of sp³-hybridized carbons (Fsp3) is 0.846. The van der Waals surface area contributed by atoms with Crippen molar-refractivity contribution in [3.05, 3.63) is 0 Å². The van der Waals surface area contributed by atoms with Crippen molar-refractivity contribution in [1.29, 1.82) is 0 Å². The molecule has 0 aromatic heterocycles. The second-order valence-corrected chi connectivity index (χ2v) is 5.26. The molecule has 2 aliphatic heterocycles. The molecule has 2 heterocycles. The van der Waals surface area contributed by atoms with Crippen LogP contribution < -0.4 is 5.32 Å². The topological polar surface area (TPSA) is 61.9 Å². The number of hydrogen-bond acceptors (Lipinski definition) is 5. The van der Waals surface area contributed by atoms with Crippen molar-refractivity contribution in [2.45, 2.75) is 32.4 Å². The van der Waals surface area contributed by atoms with Crippen LogP contribution in [0.15, 0.2) is 0 Å². The van der Waals surface area contributed by atoms with Crippen LogP contribution in [0.25, 0.3) is 0 Å². The largest absolute Gasteiger partial charge is 0.461 e. The molecule has 2 aliphatic rings. The normalized spacial score (nSPS) is 29.3. The maximum absolute atomic E-state index is 11.7. The van der Waals surface area contributed by atoms with Crippen LogP contribution in [0, 0.1) is 0 Å². The standard InChI is InChI=1S/C13H23N3O3/c1-3-14-12(17)9-15-4-6-16(7-5-15)11-8-10(2)19-13(11)18/h10-11H,3-9H2,1-2H3,(H,14,17). The zero-order valence-electron chi connectivity index (χ0n) is 11.7. The Labute approximate surface area is 114 Å². The molecule has 2 rings (SSSR count). The highest BCUT2D eigenvalue weighted by atomic mass is 16.6.